The highest BCUT2D eigenvalue weighted by molar-refractivity contribution is 6.01. The van der Waals surface area contributed by atoms with Gasteiger partial charge < -0.3 is 10.1 Å². The van der Waals surface area contributed by atoms with Crippen LogP contribution in [0.15, 0.2) is 98.1 Å². The number of benzene rings is 3. The number of halogens is 1. The van der Waals surface area contributed by atoms with Gasteiger partial charge in [0.15, 0.2) is 0 Å². The van der Waals surface area contributed by atoms with Crippen LogP contribution < -0.4 is 10.1 Å². The van der Waals surface area contributed by atoms with Crippen LogP contribution in [0.3, 0.4) is 0 Å². The van der Waals surface area contributed by atoms with Gasteiger partial charge in [0.25, 0.3) is 0 Å². The highest BCUT2D eigenvalue weighted by Gasteiger charge is 2.24. The molecule has 1 aliphatic rings. The summed E-state index contributed by atoms with van der Waals surface area (Å²) in [6.45, 7) is 3.50. The quantitative estimate of drug-likeness (QED) is 0.237. The first kappa shape index (κ1) is 23.5. The number of nitrogens with one attached hydrogen (secondary N) is 1. The van der Waals surface area contributed by atoms with Crippen LogP contribution in [0.25, 0.3) is 33.2 Å². The van der Waals surface area contributed by atoms with E-state index in [1.54, 1.807) is 30.6 Å². The first-order valence-electron chi connectivity index (χ1n) is 12.3. The zero-order valence-electron chi connectivity index (χ0n) is 20.4. The normalized spacial score (nSPS) is 12.8. The lowest BCUT2D eigenvalue weighted by Gasteiger charge is -2.13. The second-order valence-electron chi connectivity index (χ2n) is 9.20. The fraction of sp³-hybridized carbons (Fsp3) is 0.0968. The van der Waals surface area contributed by atoms with E-state index in [2.05, 4.69) is 26.8 Å². The van der Waals surface area contributed by atoms with Crippen molar-refractivity contribution in [1.82, 2.24) is 15.0 Å². The first-order chi connectivity index (χ1) is 18.6. The molecule has 38 heavy (non-hydrogen) atoms. The van der Waals surface area contributed by atoms with Crippen molar-refractivity contribution in [3.8, 4) is 33.9 Å². The van der Waals surface area contributed by atoms with Gasteiger partial charge in [0.2, 0.25) is 11.8 Å². The summed E-state index contributed by atoms with van der Waals surface area (Å²) in [6, 6.07) is 19.9. The molecule has 0 unspecified atom stereocenters. The molecule has 1 saturated carbocycles. The molecule has 7 heteroatoms. The molecule has 1 aliphatic carbocycles. The summed E-state index contributed by atoms with van der Waals surface area (Å²) in [4.78, 5) is 24.7. The summed E-state index contributed by atoms with van der Waals surface area (Å²) >= 11 is 0. The fourth-order valence-corrected chi connectivity index (χ4v) is 4.50. The lowest BCUT2D eigenvalue weighted by molar-refractivity contribution is -0.111. The topological polar surface area (TPSA) is 77.0 Å². The van der Waals surface area contributed by atoms with Gasteiger partial charge in [-0.15, -0.1) is 0 Å². The SMILES string of the molecule is C=CC(=O)Nc1cccc(-c2cc(-c3ccc(Oc4cc(C5CC5)ccn4)cc3F)cc3cncnc23)c1. The number of hydrogen-bond donors (Lipinski definition) is 1. The second-order valence-corrected chi connectivity index (χ2v) is 9.20. The third-order valence-electron chi connectivity index (χ3n) is 6.51. The van der Waals surface area contributed by atoms with E-state index in [0.29, 0.717) is 34.4 Å². The Labute approximate surface area is 218 Å². The molecule has 2 heterocycles. The monoisotopic (exact) mass is 502 g/mol. The van der Waals surface area contributed by atoms with E-state index in [-0.39, 0.29) is 5.91 Å². The van der Waals surface area contributed by atoms with Gasteiger partial charge >= 0.3 is 0 Å². The van der Waals surface area contributed by atoms with Crippen molar-refractivity contribution in [3.63, 3.8) is 0 Å². The molecule has 0 spiro atoms. The zero-order chi connectivity index (χ0) is 26.1. The van der Waals surface area contributed by atoms with Gasteiger partial charge in [-0.25, -0.2) is 19.3 Å². The summed E-state index contributed by atoms with van der Waals surface area (Å²) in [5.74, 6) is 0.679. The Morgan fingerprint density at radius 3 is 2.71 bits per heavy atom. The number of pyridine rings is 1. The number of hydrogen-bond acceptors (Lipinski definition) is 5. The van der Waals surface area contributed by atoms with Crippen molar-refractivity contribution < 1.29 is 13.9 Å². The molecule has 0 bridgehead atoms. The van der Waals surface area contributed by atoms with Crippen molar-refractivity contribution in [2.45, 2.75) is 18.8 Å². The van der Waals surface area contributed by atoms with Crippen LogP contribution in [0.4, 0.5) is 10.1 Å². The van der Waals surface area contributed by atoms with Gasteiger partial charge in [0.1, 0.15) is 17.9 Å². The Hall–Kier alpha value is -4.91. The maximum atomic E-state index is 15.4. The molecule has 6 nitrogen and oxygen atoms in total. The standard InChI is InChI=1S/C31H23FN4O2/c1-2-29(37)36-24-5-3-4-21(13-24)27-14-22(12-23-17-33-18-35-31(23)27)26-9-8-25(16-28(26)32)38-30-15-20(10-11-34-30)19-6-7-19/h2-5,8-19H,1,6-7H2,(H,36,37). The number of ether oxygens (including phenoxy) is 1. The van der Waals surface area contributed by atoms with Gasteiger partial charge in [0.05, 0.1) is 5.52 Å². The summed E-state index contributed by atoms with van der Waals surface area (Å²) in [5, 5.41) is 3.54. The van der Waals surface area contributed by atoms with Gasteiger partial charge in [0, 0.05) is 46.7 Å². The Kier molecular flexibility index (Phi) is 6.09. The minimum Gasteiger partial charge on any atom is -0.439 e. The van der Waals surface area contributed by atoms with Gasteiger partial charge in [-0.2, -0.15) is 0 Å². The largest absolute Gasteiger partial charge is 0.439 e. The number of fused-ring (bicyclic) bond motifs is 1. The highest BCUT2D eigenvalue weighted by Crippen LogP contribution is 2.41. The van der Waals surface area contributed by atoms with Crippen LogP contribution in [-0.2, 0) is 4.79 Å². The number of nitrogens with zero attached hydrogens (tertiary/aromatic N) is 3. The third kappa shape index (κ3) is 4.86. The van der Waals surface area contributed by atoms with Crippen molar-refractivity contribution in [2.75, 3.05) is 5.32 Å². The molecule has 0 atom stereocenters. The first-order valence-corrected chi connectivity index (χ1v) is 12.3. The van der Waals surface area contributed by atoms with E-state index in [1.807, 2.05) is 42.5 Å². The molecule has 5 aromatic rings. The Morgan fingerprint density at radius 2 is 1.89 bits per heavy atom. The minimum absolute atomic E-state index is 0.304. The summed E-state index contributed by atoms with van der Waals surface area (Å²) < 4.78 is 21.3. The van der Waals surface area contributed by atoms with Crippen molar-refractivity contribution >= 4 is 22.5 Å². The number of aromatic nitrogens is 3. The lowest BCUT2D eigenvalue weighted by atomic mass is 9.95. The van der Waals surface area contributed by atoms with Crippen LogP contribution in [0.5, 0.6) is 11.6 Å². The van der Waals surface area contributed by atoms with Crippen LogP contribution in [0.1, 0.15) is 24.3 Å². The van der Waals surface area contributed by atoms with Crippen molar-refractivity contribution in [2.24, 2.45) is 0 Å². The Balaban J connectivity index is 1.36. The molecular formula is C31H23FN4O2. The fourth-order valence-electron chi connectivity index (χ4n) is 4.50. The maximum Gasteiger partial charge on any atom is 0.247 e. The van der Waals surface area contributed by atoms with Crippen LogP contribution in [-0.4, -0.2) is 20.9 Å². The van der Waals surface area contributed by atoms with Gasteiger partial charge in [-0.3, -0.25) is 4.79 Å². The number of amides is 1. The van der Waals surface area contributed by atoms with Gasteiger partial charge in [-0.05, 0) is 84.0 Å². The molecule has 1 N–H and O–H groups in total. The van der Waals surface area contributed by atoms with Crippen LogP contribution in [0.2, 0.25) is 0 Å². The average Bonchev–Trinajstić information content (AvgIpc) is 3.79. The maximum absolute atomic E-state index is 15.4. The molecule has 186 valence electrons. The van der Waals surface area contributed by atoms with E-state index in [4.69, 9.17) is 4.74 Å². The van der Waals surface area contributed by atoms with E-state index in [9.17, 15) is 4.79 Å². The predicted octanol–water partition coefficient (Wildman–Crippen LogP) is 7.29. The van der Waals surface area contributed by atoms with Crippen LogP contribution in [0, 0.1) is 5.82 Å². The summed E-state index contributed by atoms with van der Waals surface area (Å²) in [7, 11) is 0. The molecule has 0 saturated heterocycles. The third-order valence-corrected chi connectivity index (χ3v) is 6.51. The van der Waals surface area contributed by atoms with Crippen molar-refractivity contribution in [3.05, 3.63) is 109 Å². The van der Waals surface area contributed by atoms with E-state index in [0.717, 1.165) is 22.0 Å². The molecule has 1 amide bonds. The number of carbonyl (C=O) groups is 1. The number of rotatable bonds is 7. The summed E-state index contributed by atoms with van der Waals surface area (Å²) in [6.07, 6.45) is 8.48. The average molecular weight is 503 g/mol. The molecule has 2 aromatic heterocycles. The van der Waals surface area contributed by atoms with E-state index >= 15 is 4.39 Å². The minimum atomic E-state index is -0.421. The van der Waals surface area contributed by atoms with E-state index in [1.165, 1.54) is 36.9 Å². The second kappa shape index (κ2) is 9.86. The number of anilines is 1. The predicted molar refractivity (Wildman–Crippen MR) is 145 cm³/mol. The van der Waals surface area contributed by atoms with E-state index < -0.39 is 5.82 Å². The molecule has 0 aliphatic heterocycles. The zero-order valence-corrected chi connectivity index (χ0v) is 20.4. The van der Waals surface area contributed by atoms with Crippen molar-refractivity contribution in [1.29, 1.82) is 0 Å². The molecule has 6 rings (SSSR count). The smallest absolute Gasteiger partial charge is 0.247 e. The lowest BCUT2D eigenvalue weighted by Crippen LogP contribution is -2.07. The van der Waals surface area contributed by atoms with Gasteiger partial charge in [-0.1, -0.05) is 18.7 Å². The molecule has 0 radical (unpaired) electrons. The Morgan fingerprint density at radius 1 is 1.00 bits per heavy atom. The molecule has 3 aromatic carbocycles. The molecular weight excluding hydrogens is 479 g/mol. The molecule has 1 fully saturated rings. The highest BCUT2D eigenvalue weighted by atomic mass is 19.1. The summed E-state index contributed by atoms with van der Waals surface area (Å²) in [5.41, 5.74) is 5.23. The number of carbonyl (C=O) groups excluding carboxylic acids is 1. The van der Waals surface area contributed by atoms with Crippen LogP contribution >= 0.6 is 0 Å². The Bertz CT molecular complexity index is 1700.